The molecule has 0 amide bonds. The van der Waals surface area contributed by atoms with E-state index in [1.54, 1.807) is 0 Å². The van der Waals surface area contributed by atoms with Crippen molar-refractivity contribution in [2.75, 3.05) is 6.61 Å². The summed E-state index contributed by atoms with van der Waals surface area (Å²) in [6, 6.07) is 8.55. The Kier molecular flexibility index (Phi) is 7.95. The van der Waals surface area contributed by atoms with Crippen molar-refractivity contribution >= 4 is 0 Å². The Hall–Kier alpha value is -1.02. The van der Waals surface area contributed by atoms with Gasteiger partial charge in [0.15, 0.2) is 6.29 Å². The molecule has 0 radical (unpaired) electrons. The maximum absolute atomic E-state index is 5.82. The average molecular weight is 306 g/mol. The van der Waals surface area contributed by atoms with Crippen LogP contribution >= 0.6 is 0 Å². The standard InChI is InChI=1S/C20H34O2/c1-14(2)12-20(16(5)6)18-8-10-19(11-9-18)22-17(7)21-13-15(3)4/h8-11,14-17,20H,12-13H2,1-7H3. The third-order valence-electron chi connectivity index (χ3n) is 3.80. The molecule has 1 rings (SSSR count). The summed E-state index contributed by atoms with van der Waals surface area (Å²) in [5.41, 5.74) is 1.41. The second-order valence-electron chi connectivity index (χ2n) is 7.46. The molecule has 126 valence electrons. The predicted octanol–water partition coefficient (Wildman–Crippen LogP) is 5.87. The van der Waals surface area contributed by atoms with Crippen LogP contribution in [0.4, 0.5) is 0 Å². The molecule has 0 N–H and O–H groups in total. The van der Waals surface area contributed by atoms with Gasteiger partial charge in [-0.25, -0.2) is 0 Å². The third-order valence-corrected chi connectivity index (χ3v) is 3.80. The lowest BCUT2D eigenvalue weighted by Gasteiger charge is -2.24. The average Bonchev–Trinajstić information content (AvgIpc) is 2.43. The van der Waals surface area contributed by atoms with Crippen molar-refractivity contribution < 1.29 is 9.47 Å². The quantitative estimate of drug-likeness (QED) is 0.531. The summed E-state index contributed by atoms with van der Waals surface area (Å²) in [4.78, 5) is 0. The maximum atomic E-state index is 5.82. The zero-order valence-electron chi connectivity index (χ0n) is 15.4. The van der Waals surface area contributed by atoms with E-state index in [0.717, 1.165) is 12.4 Å². The molecule has 0 spiro atoms. The maximum Gasteiger partial charge on any atom is 0.196 e. The van der Waals surface area contributed by atoms with Crippen molar-refractivity contribution in [2.45, 2.75) is 67.1 Å². The number of hydrogen-bond donors (Lipinski definition) is 0. The van der Waals surface area contributed by atoms with E-state index in [2.05, 4.69) is 65.8 Å². The highest BCUT2D eigenvalue weighted by Crippen LogP contribution is 2.32. The topological polar surface area (TPSA) is 18.5 Å². The van der Waals surface area contributed by atoms with Crippen molar-refractivity contribution in [2.24, 2.45) is 17.8 Å². The molecule has 22 heavy (non-hydrogen) atoms. The van der Waals surface area contributed by atoms with Crippen LogP contribution in [0.1, 0.15) is 66.4 Å². The van der Waals surface area contributed by atoms with Gasteiger partial charge < -0.3 is 9.47 Å². The van der Waals surface area contributed by atoms with Crippen molar-refractivity contribution in [1.29, 1.82) is 0 Å². The van der Waals surface area contributed by atoms with Crippen LogP contribution in [0.2, 0.25) is 0 Å². The van der Waals surface area contributed by atoms with E-state index >= 15 is 0 Å². The molecule has 1 aromatic rings. The van der Waals surface area contributed by atoms with E-state index in [4.69, 9.17) is 9.47 Å². The van der Waals surface area contributed by atoms with E-state index in [0.29, 0.717) is 23.7 Å². The highest BCUT2D eigenvalue weighted by molar-refractivity contribution is 5.29. The smallest absolute Gasteiger partial charge is 0.196 e. The van der Waals surface area contributed by atoms with Gasteiger partial charge in [0.2, 0.25) is 0 Å². The molecule has 0 aliphatic heterocycles. The van der Waals surface area contributed by atoms with Crippen LogP contribution in [0.3, 0.4) is 0 Å². The normalized spacial score (nSPS) is 14.6. The first-order valence-electron chi connectivity index (χ1n) is 8.67. The lowest BCUT2D eigenvalue weighted by Crippen LogP contribution is -2.19. The molecule has 0 bridgehead atoms. The third kappa shape index (κ3) is 6.83. The molecule has 2 atom stereocenters. The molecule has 0 saturated heterocycles. The first-order chi connectivity index (χ1) is 10.3. The summed E-state index contributed by atoms with van der Waals surface area (Å²) in [7, 11) is 0. The molecule has 0 aliphatic carbocycles. The minimum absolute atomic E-state index is 0.204. The molecule has 0 aromatic heterocycles. The number of rotatable bonds is 9. The lowest BCUT2D eigenvalue weighted by atomic mass is 9.82. The van der Waals surface area contributed by atoms with Gasteiger partial charge in [0.1, 0.15) is 5.75 Å². The van der Waals surface area contributed by atoms with Crippen LogP contribution in [0.5, 0.6) is 5.75 Å². The van der Waals surface area contributed by atoms with E-state index in [-0.39, 0.29) is 6.29 Å². The Morgan fingerprint density at radius 2 is 1.41 bits per heavy atom. The van der Waals surface area contributed by atoms with Crippen LogP contribution in [-0.2, 0) is 4.74 Å². The van der Waals surface area contributed by atoms with E-state index in [9.17, 15) is 0 Å². The molecule has 1 aromatic carbocycles. The summed E-state index contributed by atoms with van der Waals surface area (Å²) in [6.07, 6.45) is 1.02. The minimum Gasteiger partial charge on any atom is -0.465 e. The fourth-order valence-electron chi connectivity index (χ4n) is 2.65. The van der Waals surface area contributed by atoms with E-state index in [1.165, 1.54) is 12.0 Å². The Morgan fingerprint density at radius 3 is 1.86 bits per heavy atom. The first kappa shape index (κ1) is 19.0. The molecule has 0 saturated carbocycles. The van der Waals surface area contributed by atoms with Gasteiger partial charge in [-0.05, 0) is 54.7 Å². The zero-order valence-corrected chi connectivity index (χ0v) is 15.4. The van der Waals surface area contributed by atoms with Crippen LogP contribution in [0.25, 0.3) is 0 Å². The molecule has 0 fully saturated rings. The van der Waals surface area contributed by atoms with Gasteiger partial charge in [-0.15, -0.1) is 0 Å². The minimum atomic E-state index is -0.204. The summed E-state index contributed by atoms with van der Waals surface area (Å²) in [5.74, 6) is 3.39. The Bertz CT molecular complexity index is 406. The van der Waals surface area contributed by atoms with Crippen LogP contribution in [0.15, 0.2) is 24.3 Å². The Morgan fingerprint density at radius 1 is 0.818 bits per heavy atom. The van der Waals surface area contributed by atoms with Gasteiger partial charge in [-0.2, -0.15) is 0 Å². The fraction of sp³-hybridized carbons (Fsp3) is 0.700. The molecule has 2 heteroatoms. The SMILES string of the molecule is CC(C)COC(C)Oc1ccc(C(CC(C)C)C(C)C)cc1. The largest absolute Gasteiger partial charge is 0.465 e. The predicted molar refractivity (Wildman–Crippen MR) is 94.4 cm³/mol. The van der Waals surface area contributed by atoms with Crippen molar-refractivity contribution in [3.8, 4) is 5.75 Å². The molecular weight excluding hydrogens is 272 g/mol. The van der Waals surface area contributed by atoms with Crippen LogP contribution in [0, 0.1) is 17.8 Å². The summed E-state index contributed by atoms with van der Waals surface area (Å²) in [5, 5.41) is 0. The number of benzene rings is 1. The van der Waals surface area contributed by atoms with E-state index < -0.39 is 0 Å². The second kappa shape index (κ2) is 9.19. The van der Waals surface area contributed by atoms with Crippen molar-refractivity contribution in [3.05, 3.63) is 29.8 Å². The summed E-state index contributed by atoms with van der Waals surface area (Å²) < 4.78 is 11.5. The molecular formula is C20H34O2. The molecule has 0 aliphatic rings. The summed E-state index contributed by atoms with van der Waals surface area (Å²) in [6.45, 7) is 16.2. The van der Waals surface area contributed by atoms with Gasteiger partial charge >= 0.3 is 0 Å². The van der Waals surface area contributed by atoms with Gasteiger partial charge in [-0.3, -0.25) is 0 Å². The van der Waals surface area contributed by atoms with Gasteiger partial charge in [0.25, 0.3) is 0 Å². The Balaban J connectivity index is 2.64. The van der Waals surface area contributed by atoms with Crippen LogP contribution in [-0.4, -0.2) is 12.9 Å². The highest BCUT2D eigenvalue weighted by atomic mass is 16.7. The van der Waals surface area contributed by atoms with Gasteiger partial charge in [0, 0.05) is 0 Å². The molecule has 2 nitrogen and oxygen atoms in total. The Labute approximate surface area is 137 Å². The zero-order chi connectivity index (χ0) is 16.7. The van der Waals surface area contributed by atoms with Gasteiger partial charge in [0.05, 0.1) is 6.61 Å². The molecule has 0 heterocycles. The van der Waals surface area contributed by atoms with Crippen LogP contribution < -0.4 is 4.74 Å². The lowest BCUT2D eigenvalue weighted by molar-refractivity contribution is -0.0755. The highest BCUT2D eigenvalue weighted by Gasteiger charge is 2.17. The number of hydrogen-bond acceptors (Lipinski definition) is 2. The monoisotopic (exact) mass is 306 g/mol. The molecule has 2 unspecified atom stereocenters. The van der Waals surface area contributed by atoms with Crippen molar-refractivity contribution in [3.63, 3.8) is 0 Å². The first-order valence-corrected chi connectivity index (χ1v) is 8.67. The van der Waals surface area contributed by atoms with E-state index in [1.807, 2.05) is 6.92 Å². The number of ether oxygens (including phenoxy) is 2. The fourth-order valence-corrected chi connectivity index (χ4v) is 2.65. The summed E-state index contributed by atoms with van der Waals surface area (Å²) >= 11 is 0. The second-order valence-corrected chi connectivity index (χ2v) is 7.46. The van der Waals surface area contributed by atoms with Crippen molar-refractivity contribution in [1.82, 2.24) is 0 Å². The van der Waals surface area contributed by atoms with Gasteiger partial charge in [-0.1, -0.05) is 53.7 Å².